The lowest BCUT2D eigenvalue weighted by molar-refractivity contribution is -0.119. The van der Waals surface area contributed by atoms with Crippen LogP contribution in [0.15, 0.2) is 24.3 Å². The maximum absolute atomic E-state index is 12.9. The van der Waals surface area contributed by atoms with E-state index in [9.17, 15) is 13.2 Å². The first kappa shape index (κ1) is 17.4. The highest BCUT2D eigenvalue weighted by Crippen LogP contribution is 2.32. The van der Waals surface area contributed by atoms with Gasteiger partial charge < -0.3 is 4.90 Å². The van der Waals surface area contributed by atoms with E-state index in [4.69, 9.17) is 0 Å². The number of para-hydroxylation sites is 1. The Balaban J connectivity index is 1.81. The van der Waals surface area contributed by atoms with Gasteiger partial charge in [-0.1, -0.05) is 37.5 Å². The average molecular weight is 350 g/mol. The summed E-state index contributed by atoms with van der Waals surface area (Å²) in [5.74, 6) is -0.122. The van der Waals surface area contributed by atoms with Gasteiger partial charge in [-0.2, -0.15) is 4.31 Å². The summed E-state index contributed by atoms with van der Waals surface area (Å²) in [5, 5.41) is 0. The van der Waals surface area contributed by atoms with Crippen LogP contribution in [0.1, 0.15) is 44.6 Å². The molecule has 1 aromatic rings. The Kier molecular flexibility index (Phi) is 4.97. The maximum atomic E-state index is 12.9. The number of hydrogen-bond acceptors (Lipinski definition) is 3. The summed E-state index contributed by atoms with van der Waals surface area (Å²) in [5.41, 5.74) is 2.08. The van der Waals surface area contributed by atoms with Crippen molar-refractivity contribution in [1.82, 2.24) is 4.31 Å². The van der Waals surface area contributed by atoms with Crippen LogP contribution >= 0.6 is 0 Å². The molecule has 0 radical (unpaired) electrons. The zero-order chi connectivity index (χ0) is 17.3. The van der Waals surface area contributed by atoms with E-state index >= 15 is 0 Å². The first-order chi connectivity index (χ1) is 11.4. The number of fused-ring (bicyclic) bond motifs is 1. The van der Waals surface area contributed by atoms with Crippen molar-refractivity contribution >= 4 is 21.6 Å². The van der Waals surface area contributed by atoms with Crippen molar-refractivity contribution in [3.8, 4) is 0 Å². The maximum Gasteiger partial charge on any atom is 0.242 e. The summed E-state index contributed by atoms with van der Waals surface area (Å²) in [7, 11) is -3.40. The smallest absolute Gasteiger partial charge is 0.242 e. The summed E-state index contributed by atoms with van der Waals surface area (Å²) in [6.45, 7) is 1.96. The SMILES string of the molecule is C[C@H]1Cc2ccccc2N1C(=O)CN(C1CCCCC1)S(C)(=O)=O. The third-order valence-electron chi connectivity index (χ3n) is 5.17. The predicted octanol–water partition coefficient (Wildman–Crippen LogP) is 2.56. The number of carbonyl (C=O) groups excluding carboxylic acids is 1. The molecule has 3 rings (SSSR count). The molecule has 1 atom stereocenters. The Hall–Kier alpha value is -1.40. The molecule has 1 saturated carbocycles. The minimum atomic E-state index is -3.40. The highest BCUT2D eigenvalue weighted by molar-refractivity contribution is 7.88. The van der Waals surface area contributed by atoms with Crippen LogP contribution in [0.5, 0.6) is 0 Å². The summed E-state index contributed by atoms with van der Waals surface area (Å²) in [4.78, 5) is 14.7. The molecule has 6 heteroatoms. The fourth-order valence-corrected chi connectivity index (χ4v) is 5.14. The van der Waals surface area contributed by atoms with E-state index < -0.39 is 10.0 Å². The molecule has 0 aromatic heterocycles. The van der Waals surface area contributed by atoms with Crippen molar-refractivity contribution in [1.29, 1.82) is 0 Å². The molecule has 1 aliphatic heterocycles. The van der Waals surface area contributed by atoms with Crippen LogP contribution in [-0.2, 0) is 21.2 Å². The Morgan fingerprint density at radius 3 is 2.54 bits per heavy atom. The quantitative estimate of drug-likeness (QED) is 0.838. The van der Waals surface area contributed by atoms with E-state index in [0.29, 0.717) is 0 Å². The number of hydrogen-bond donors (Lipinski definition) is 0. The average Bonchev–Trinajstić information content (AvgIpc) is 2.88. The zero-order valence-corrected chi connectivity index (χ0v) is 15.3. The molecule has 132 valence electrons. The monoisotopic (exact) mass is 350 g/mol. The lowest BCUT2D eigenvalue weighted by Gasteiger charge is -2.33. The van der Waals surface area contributed by atoms with E-state index in [2.05, 4.69) is 0 Å². The fraction of sp³-hybridized carbons (Fsp3) is 0.611. The number of benzene rings is 1. The molecule has 1 heterocycles. The van der Waals surface area contributed by atoms with E-state index in [1.165, 1.54) is 10.6 Å². The molecular formula is C18H26N2O3S. The molecule has 0 N–H and O–H groups in total. The lowest BCUT2D eigenvalue weighted by atomic mass is 9.95. The highest BCUT2D eigenvalue weighted by atomic mass is 32.2. The molecule has 1 aliphatic carbocycles. The first-order valence-electron chi connectivity index (χ1n) is 8.74. The summed E-state index contributed by atoms with van der Waals surface area (Å²) in [6, 6.07) is 7.92. The van der Waals surface area contributed by atoms with Gasteiger partial charge in [0.2, 0.25) is 15.9 Å². The molecule has 0 saturated heterocycles. The van der Waals surface area contributed by atoms with Crippen LogP contribution < -0.4 is 4.90 Å². The Morgan fingerprint density at radius 1 is 1.21 bits per heavy atom. The van der Waals surface area contributed by atoms with Crippen molar-refractivity contribution in [2.75, 3.05) is 17.7 Å². The molecular weight excluding hydrogens is 324 g/mol. The molecule has 2 aliphatic rings. The van der Waals surface area contributed by atoms with E-state index in [1.807, 2.05) is 31.2 Å². The second-order valence-corrected chi connectivity index (χ2v) is 8.98. The van der Waals surface area contributed by atoms with E-state index in [0.717, 1.165) is 49.8 Å². The zero-order valence-electron chi connectivity index (χ0n) is 14.4. The molecule has 0 unspecified atom stereocenters. The molecule has 1 amide bonds. The standard InChI is InChI=1S/C18H26N2O3S/c1-14-12-15-8-6-7-11-17(15)20(14)18(21)13-19(24(2,22)23)16-9-4-3-5-10-16/h6-8,11,14,16H,3-5,9-10,12-13H2,1-2H3/t14-/m0/s1. The lowest BCUT2D eigenvalue weighted by Crippen LogP contribution is -2.49. The van der Waals surface area contributed by atoms with Crippen LogP contribution in [-0.4, -0.2) is 43.5 Å². The summed E-state index contributed by atoms with van der Waals surface area (Å²) < 4.78 is 26.0. The molecule has 0 bridgehead atoms. The number of rotatable bonds is 4. The van der Waals surface area contributed by atoms with Crippen molar-refractivity contribution in [3.63, 3.8) is 0 Å². The Bertz CT molecular complexity index is 711. The topological polar surface area (TPSA) is 57.7 Å². The first-order valence-corrected chi connectivity index (χ1v) is 10.6. The summed E-state index contributed by atoms with van der Waals surface area (Å²) >= 11 is 0. The van der Waals surface area contributed by atoms with Gasteiger partial charge in [-0.15, -0.1) is 0 Å². The second-order valence-electron chi connectivity index (χ2n) is 7.05. The van der Waals surface area contributed by atoms with Gasteiger partial charge in [-0.05, 0) is 37.8 Å². The number of sulfonamides is 1. The second kappa shape index (κ2) is 6.84. The number of nitrogens with zero attached hydrogens (tertiary/aromatic N) is 2. The minimum Gasteiger partial charge on any atom is -0.308 e. The van der Waals surface area contributed by atoms with E-state index in [-0.39, 0.29) is 24.5 Å². The molecule has 24 heavy (non-hydrogen) atoms. The van der Waals surface area contributed by atoms with Gasteiger partial charge in [0, 0.05) is 17.8 Å². The normalized spacial score (nSPS) is 22.0. The number of anilines is 1. The minimum absolute atomic E-state index is 0.0362. The number of carbonyl (C=O) groups is 1. The van der Waals surface area contributed by atoms with Crippen LogP contribution in [0.2, 0.25) is 0 Å². The largest absolute Gasteiger partial charge is 0.308 e. The van der Waals surface area contributed by atoms with E-state index in [1.54, 1.807) is 4.90 Å². The van der Waals surface area contributed by atoms with Gasteiger partial charge in [0.1, 0.15) is 0 Å². The van der Waals surface area contributed by atoms with Crippen molar-refractivity contribution in [2.24, 2.45) is 0 Å². The van der Waals surface area contributed by atoms with Gasteiger partial charge in [0.05, 0.1) is 12.8 Å². The molecule has 1 fully saturated rings. The van der Waals surface area contributed by atoms with Gasteiger partial charge in [-0.3, -0.25) is 4.79 Å². The third-order valence-corrected chi connectivity index (χ3v) is 6.45. The Labute approximate surface area is 144 Å². The van der Waals surface area contributed by atoms with Crippen LogP contribution in [0.4, 0.5) is 5.69 Å². The van der Waals surface area contributed by atoms with Gasteiger partial charge in [0.25, 0.3) is 0 Å². The predicted molar refractivity (Wildman–Crippen MR) is 95.5 cm³/mol. The molecule has 5 nitrogen and oxygen atoms in total. The van der Waals surface area contributed by atoms with Gasteiger partial charge in [0.15, 0.2) is 0 Å². The molecule has 0 spiro atoms. The van der Waals surface area contributed by atoms with Crippen LogP contribution in [0.25, 0.3) is 0 Å². The van der Waals surface area contributed by atoms with Crippen molar-refractivity contribution < 1.29 is 13.2 Å². The van der Waals surface area contributed by atoms with Gasteiger partial charge in [-0.25, -0.2) is 8.42 Å². The number of amides is 1. The van der Waals surface area contributed by atoms with Crippen molar-refractivity contribution in [3.05, 3.63) is 29.8 Å². The third kappa shape index (κ3) is 3.49. The fourth-order valence-electron chi connectivity index (χ4n) is 4.04. The van der Waals surface area contributed by atoms with Gasteiger partial charge >= 0.3 is 0 Å². The molecule has 1 aromatic carbocycles. The summed E-state index contributed by atoms with van der Waals surface area (Å²) in [6.07, 6.45) is 6.97. The Morgan fingerprint density at radius 2 is 1.88 bits per heavy atom. The van der Waals surface area contributed by atoms with Crippen LogP contribution in [0, 0.1) is 0 Å². The van der Waals surface area contributed by atoms with Crippen LogP contribution in [0.3, 0.4) is 0 Å². The van der Waals surface area contributed by atoms with Crippen molar-refractivity contribution in [2.45, 2.75) is 57.5 Å². The highest BCUT2D eigenvalue weighted by Gasteiger charge is 2.35.